The molecular formula is C16H18N2O2. The van der Waals surface area contributed by atoms with Crippen molar-refractivity contribution in [2.45, 2.75) is 13.5 Å². The van der Waals surface area contributed by atoms with Gasteiger partial charge in [-0.15, -0.1) is 0 Å². The Hall–Kier alpha value is -2.36. The lowest BCUT2D eigenvalue weighted by Gasteiger charge is -2.18. The van der Waals surface area contributed by atoms with E-state index >= 15 is 0 Å². The molecule has 104 valence electrons. The summed E-state index contributed by atoms with van der Waals surface area (Å²) < 4.78 is 4.93. The van der Waals surface area contributed by atoms with E-state index in [0.29, 0.717) is 12.2 Å². The van der Waals surface area contributed by atoms with Crippen LogP contribution < -0.4 is 4.90 Å². The molecule has 4 nitrogen and oxygen atoms in total. The van der Waals surface area contributed by atoms with Crippen LogP contribution in [0.2, 0.25) is 0 Å². The van der Waals surface area contributed by atoms with Crippen LogP contribution in [0.25, 0.3) is 0 Å². The molecule has 0 unspecified atom stereocenters. The van der Waals surface area contributed by atoms with Gasteiger partial charge in [-0.05, 0) is 24.6 Å². The Morgan fingerprint density at radius 1 is 1.20 bits per heavy atom. The predicted molar refractivity (Wildman–Crippen MR) is 78.7 cm³/mol. The van der Waals surface area contributed by atoms with Crippen molar-refractivity contribution in [3.05, 3.63) is 59.8 Å². The minimum Gasteiger partial charge on any atom is -0.462 e. The molecule has 0 saturated carbocycles. The number of hydrogen-bond acceptors (Lipinski definition) is 4. The summed E-state index contributed by atoms with van der Waals surface area (Å²) >= 11 is 0. The molecule has 0 bridgehead atoms. The molecule has 1 heterocycles. The number of carbonyl (C=O) groups is 1. The van der Waals surface area contributed by atoms with Crippen LogP contribution in [0.15, 0.2) is 48.7 Å². The highest BCUT2D eigenvalue weighted by atomic mass is 16.5. The largest absolute Gasteiger partial charge is 0.462 e. The van der Waals surface area contributed by atoms with Gasteiger partial charge in [-0.1, -0.05) is 30.3 Å². The second-order valence-electron chi connectivity index (χ2n) is 4.47. The smallest absolute Gasteiger partial charge is 0.339 e. The molecule has 2 rings (SSSR count). The Labute approximate surface area is 119 Å². The summed E-state index contributed by atoms with van der Waals surface area (Å²) in [5.74, 6) is 0.485. The predicted octanol–water partition coefficient (Wildman–Crippen LogP) is 2.89. The summed E-state index contributed by atoms with van der Waals surface area (Å²) in [5.41, 5.74) is 1.69. The van der Waals surface area contributed by atoms with E-state index < -0.39 is 0 Å². The molecule has 2 aromatic rings. The number of nitrogens with zero attached hydrogens (tertiary/aromatic N) is 2. The number of hydrogen-bond donors (Lipinski definition) is 0. The number of aromatic nitrogens is 1. The van der Waals surface area contributed by atoms with Gasteiger partial charge in [-0.3, -0.25) is 0 Å². The standard InChI is InChI=1S/C16H18N2O2/c1-3-20-16(19)14-9-10-15(17-11-14)18(2)12-13-7-5-4-6-8-13/h4-11H,3,12H2,1-2H3. The van der Waals surface area contributed by atoms with Gasteiger partial charge in [0.1, 0.15) is 5.82 Å². The van der Waals surface area contributed by atoms with Crippen LogP contribution in [0, 0.1) is 0 Å². The summed E-state index contributed by atoms with van der Waals surface area (Å²) in [6.45, 7) is 2.93. The van der Waals surface area contributed by atoms with Gasteiger partial charge in [0.2, 0.25) is 0 Å². The van der Waals surface area contributed by atoms with Gasteiger partial charge < -0.3 is 9.64 Å². The highest BCUT2D eigenvalue weighted by molar-refractivity contribution is 5.89. The SMILES string of the molecule is CCOC(=O)c1ccc(N(C)Cc2ccccc2)nc1. The molecule has 0 aliphatic rings. The molecule has 0 atom stereocenters. The number of carbonyl (C=O) groups excluding carboxylic acids is 1. The molecule has 0 amide bonds. The average molecular weight is 270 g/mol. The third-order valence-electron chi connectivity index (χ3n) is 2.91. The highest BCUT2D eigenvalue weighted by Crippen LogP contribution is 2.13. The Balaban J connectivity index is 2.04. The molecule has 0 N–H and O–H groups in total. The topological polar surface area (TPSA) is 42.4 Å². The second-order valence-corrected chi connectivity index (χ2v) is 4.47. The molecule has 0 aliphatic heterocycles. The molecule has 0 saturated heterocycles. The summed E-state index contributed by atoms with van der Waals surface area (Å²) in [5, 5.41) is 0. The molecule has 0 radical (unpaired) electrons. The molecule has 0 aliphatic carbocycles. The van der Waals surface area contributed by atoms with Crippen LogP contribution in [0.1, 0.15) is 22.8 Å². The zero-order valence-electron chi connectivity index (χ0n) is 11.7. The minimum atomic E-state index is -0.336. The summed E-state index contributed by atoms with van der Waals surface area (Å²) in [6, 6.07) is 13.7. The first kappa shape index (κ1) is 14.1. The van der Waals surface area contributed by atoms with Crippen molar-refractivity contribution in [3.8, 4) is 0 Å². The lowest BCUT2D eigenvalue weighted by Crippen LogP contribution is -2.18. The number of benzene rings is 1. The van der Waals surface area contributed by atoms with Gasteiger partial charge >= 0.3 is 5.97 Å². The number of esters is 1. The fourth-order valence-corrected chi connectivity index (χ4v) is 1.89. The van der Waals surface area contributed by atoms with Gasteiger partial charge in [-0.25, -0.2) is 9.78 Å². The van der Waals surface area contributed by atoms with E-state index in [9.17, 15) is 4.79 Å². The van der Waals surface area contributed by atoms with E-state index in [4.69, 9.17) is 4.74 Å². The number of rotatable bonds is 5. The normalized spacial score (nSPS) is 10.1. The first-order valence-corrected chi connectivity index (χ1v) is 6.59. The average Bonchev–Trinajstić information content (AvgIpc) is 2.48. The van der Waals surface area contributed by atoms with Crippen molar-refractivity contribution in [2.75, 3.05) is 18.6 Å². The number of pyridine rings is 1. The lowest BCUT2D eigenvalue weighted by molar-refractivity contribution is 0.0526. The van der Waals surface area contributed by atoms with E-state index in [0.717, 1.165) is 12.4 Å². The third-order valence-corrected chi connectivity index (χ3v) is 2.91. The van der Waals surface area contributed by atoms with Crippen molar-refractivity contribution in [3.63, 3.8) is 0 Å². The maximum absolute atomic E-state index is 11.5. The van der Waals surface area contributed by atoms with Gasteiger partial charge in [0, 0.05) is 19.8 Å². The maximum atomic E-state index is 11.5. The molecule has 1 aromatic heterocycles. The van der Waals surface area contributed by atoms with Crippen molar-refractivity contribution in [1.82, 2.24) is 4.98 Å². The summed E-state index contributed by atoms with van der Waals surface area (Å²) in [4.78, 5) is 17.9. The lowest BCUT2D eigenvalue weighted by atomic mass is 10.2. The molecule has 0 fully saturated rings. The molecule has 0 spiro atoms. The molecule has 20 heavy (non-hydrogen) atoms. The second kappa shape index (κ2) is 6.70. The van der Waals surface area contributed by atoms with Crippen LogP contribution in [-0.4, -0.2) is 24.6 Å². The zero-order chi connectivity index (χ0) is 14.4. The minimum absolute atomic E-state index is 0.336. The Morgan fingerprint density at radius 3 is 2.55 bits per heavy atom. The first-order chi connectivity index (χ1) is 9.70. The van der Waals surface area contributed by atoms with Crippen molar-refractivity contribution < 1.29 is 9.53 Å². The molecular weight excluding hydrogens is 252 g/mol. The third kappa shape index (κ3) is 3.57. The van der Waals surface area contributed by atoms with Gasteiger partial charge in [0.05, 0.1) is 12.2 Å². The van der Waals surface area contributed by atoms with E-state index in [1.54, 1.807) is 19.2 Å². The summed E-state index contributed by atoms with van der Waals surface area (Å²) in [7, 11) is 1.97. The quantitative estimate of drug-likeness (QED) is 0.783. The maximum Gasteiger partial charge on any atom is 0.339 e. The highest BCUT2D eigenvalue weighted by Gasteiger charge is 2.08. The Kier molecular flexibility index (Phi) is 4.71. The van der Waals surface area contributed by atoms with Crippen molar-refractivity contribution in [1.29, 1.82) is 0 Å². The van der Waals surface area contributed by atoms with E-state index in [2.05, 4.69) is 17.1 Å². The van der Waals surface area contributed by atoms with Crippen molar-refractivity contribution in [2.24, 2.45) is 0 Å². The molecule has 1 aromatic carbocycles. The van der Waals surface area contributed by atoms with Crippen LogP contribution in [0.3, 0.4) is 0 Å². The molecule has 4 heteroatoms. The van der Waals surface area contributed by atoms with E-state index in [-0.39, 0.29) is 5.97 Å². The Bertz CT molecular complexity index is 552. The monoisotopic (exact) mass is 270 g/mol. The van der Waals surface area contributed by atoms with Crippen LogP contribution in [-0.2, 0) is 11.3 Å². The fraction of sp³-hybridized carbons (Fsp3) is 0.250. The Morgan fingerprint density at radius 2 is 1.95 bits per heavy atom. The van der Waals surface area contributed by atoms with E-state index in [1.807, 2.05) is 36.2 Å². The van der Waals surface area contributed by atoms with Gasteiger partial charge in [-0.2, -0.15) is 0 Å². The van der Waals surface area contributed by atoms with Crippen LogP contribution in [0.4, 0.5) is 5.82 Å². The van der Waals surface area contributed by atoms with Crippen LogP contribution >= 0.6 is 0 Å². The first-order valence-electron chi connectivity index (χ1n) is 6.59. The van der Waals surface area contributed by atoms with Gasteiger partial charge in [0.25, 0.3) is 0 Å². The van der Waals surface area contributed by atoms with Crippen LogP contribution in [0.5, 0.6) is 0 Å². The van der Waals surface area contributed by atoms with Gasteiger partial charge in [0.15, 0.2) is 0 Å². The fourth-order valence-electron chi connectivity index (χ4n) is 1.89. The zero-order valence-corrected chi connectivity index (χ0v) is 11.7. The number of ether oxygens (including phenoxy) is 1. The van der Waals surface area contributed by atoms with E-state index in [1.165, 1.54) is 5.56 Å². The van der Waals surface area contributed by atoms with Crippen molar-refractivity contribution >= 4 is 11.8 Å². The number of anilines is 1. The summed E-state index contributed by atoms with van der Waals surface area (Å²) in [6.07, 6.45) is 1.55.